The first-order valence-electron chi connectivity index (χ1n) is 3.97. The Morgan fingerprint density at radius 3 is 3.08 bits per heavy atom. The first kappa shape index (κ1) is 7.90. The Kier molecular flexibility index (Phi) is 2.03. The van der Waals surface area contributed by atoms with E-state index in [1.807, 2.05) is 24.3 Å². The smallest absolute Gasteiger partial charge is 0.133 e. The molecule has 0 aliphatic rings. The lowest BCUT2D eigenvalue weighted by Gasteiger charge is -1.89. The summed E-state index contributed by atoms with van der Waals surface area (Å²) in [5, 5.41) is 9.54. The summed E-state index contributed by atoms with van der Waals surface area (Å²) in [6, 6.07) is 7.56. The molecule has 0 amide bonds. The summed E-state index contributed by atoms with van der Waals surface area (Å²) in [6.07, 6.45) is 1.65. The van der Waals surface area contributed by atoms with Gasteiger partial charge in [-0.05, 0) is 24.3 Å². The van der Waals surface area contributed by atoms with E-state index in [9.17, 15) is 0 Å². The Morgan fingerprint density at radius 2 is 2.23 bits per heavy atom. The van der Waals surface area contributed by atoms with Crippen LogP contribution in [0.25, 0.3) is 11.0 Å². The molecule has 0 aliphatic heterocycles. The van der Waals surface area contributed by atoms with Crippen LogP contribution in [0.2, 0.25) is 0 Å². The van der Waals surface area contributed by atoms with Crippen LogP contribution in [0.5, 0.6) is 0 Å². The molecule has 0 aliphatic carbocycles. The van der Waals surface area contributed by atoms with Crippen LogP contribution in [0.1, 0.15) is 5.56 Å². The van der Waals surface area contributed by atoms with E-state index in [4.69, 9.17) is 9.52 Å². The van der Waals surface area contributed by atoms with Crippen LogP contribution in [0, 0.1) is 11.8 Å². The molecule has 0 saturated carbocycles. The minimum Gasteiger partial charge on any atom is -0.464 e. The lowest BCUT2D eigenvalue weighted by atomic mass is 10.2. The van der Waals surface area contributed by atoms with E-state index in [1.165, 1.54) is 0 Å². The molecule has 0 saturated heterocycles. The largest absolute Gasteiger partial charge is 0.464 e. The fourth-order valence-electron chi connectivity index (χ4n) is 1.19. The van der Waals surface area contributed by atoms with Crippen LogP contribution >= 0.6 is 0 Å². The van der Waals surface area contributed by atoms with Crippen molar-refractivity contribution in [2.24, 2.45) is 0 Å². The maximum atomic E-state index is 8.51. The van der Waals surface area contributed by atoms with Gasteiger partial charge in [0, 0.05) is 10.9 Å². The minimum absolute atomic E-state index is 0.108. The number of rotatable bonds is 0. The molecule has 0 unspecified atom stereocenters. The van der Waals surface area contributed by atoms with E-state index < -0.39 is 0 Å². The number of benzene rings is 1. The fraction of sp³-hybridized carbons (Fsp3) is 0.0909. The molecule has 2 rings (SSSR count). The second-order valence-electron chi connectivity index (χ2n) is 2.63. The van der Waals surface area contributed by atoms with Crippen LogP contribution in [0.3, 0.4) is 0 Å². The van der Waals surface area contributed by atoms with Crippen LogP contribution < -0.4 is 0 Å². The Balaban J connectivity index is 2.48. The summed E-state index contributed by atoms with van der Waals surface area (Å²) in [6.45, 7) is -0.108. The average Bonchev–Trinajstić information content (AvgIpc) is 2.61. The zero-order chi connectivity index (χ0) is 9.10. The van der Waals surface area contributed by atoms with Gasteiger partial charge in [0.25, 0.3) is 0 Å². The standard InChI is InChI=1S/C11H8O2/c12-6-1-2-9-3-4-11-10(8-9)5-7-13-11/h3-5,7-8,12H,6H2. The first-order chi connectivity index (χ1) is 6.40. The van der Waals surface area contributed by atoms with Gasteiger partial charge in [0.05, 0.1) is 6.26 Å². The number of hydrogen-bond acceptors (Lipinski definition) is 2. The first-order valence-corrected chi connectivity index (χ1v) is 3.97. The second kappa shape index (κ2) is 3.34. The average molecular weight is 172 g/mol. The summed E-state index contributed by atoms with van der Waals surface area (Å²) in [4.78, 5) is 0. The molecule has 13 heavy (non-hydrogen) atoms. The second-order valence-corrected chi connectivity index (χ2v) is 2.63. The van der Waals surface area contributed by atoms with E-state index in [2.05, 4.69) is 11.8 Å². The topological polar surface area (TPSA) is 33.4 Å². The van der Waals surface area contributed by atoms with Crippen LogP contribution in [-0.2, 0) is 0 Å². The highest BCUT2D eigenvalue weighted by molar-refractivity contribution is 5.78. The Bertz CT molecular complexity index is 471. The van der Waals surface area contributed by atoms with Crippen LogP contribution in [-0.4, -0.2) is 11.7 Å². The third kappa shape index (κ3) is 1.56. The van der Waals surface area contributed by atoms with Gasteiger partial charge in [-0.3, -0.25) is 0 Å². The predicted octanol–water partition coefficient (Wildman–Crippen LogP) is 1.78. The highest BCUT2D eigenvalue weighted by atomic mass is 16.3. The molecule has 0 fully saturated rings. The molecule has 2 heteroatoms. The number of fused-ring (bicyclic) bond motifs is 1. The summed E-state index contributed by atoms with van der Waals surface area (Å²) in [5.74, 6) is 5.43. The van der Waals surface area contributed by atoms with Gasteiger partial charge in [-0.2, -0.15) is 0 Å². The lowest BCUT2D eigenvalue weighted by Crippen LogP contribution is -1.75. The van der Waals surface area contributed by atoms with Gasteiger partial charge in [0.15, 0.2) is 0 Å². The van der Waals surface area contributed by atoms with Crippen molar-refractivity contribution < 1.29 is 9.52 Å². The molecular weight excluding hydrogens is 164 g/mol. The van der Waals surface area contributed by atoms with Gasteiger partial charge >= 0.3 is 0 Å². The minimum atomic E-state index is -0.108. The summed E-state index contributed by atoms with van der Waals surface area (Å²) in [5.41, 5.74) is 1.75. The molecule has 1 aromatic heterocycles. The van der Waals surface area contributed by atoms with Gasteiger partial charge in [0.2, 0.25) is 0 Å². The summed E-state index contributed by atoms with van der Waals surface area (Å²) < 4.78 is 5.18. The van der Waals surface area contributed by atoms with Crippen molar-refractivity contribution in [3.05, 3.63) is 36.1 Å². The van der Waals surface area contributed by atoms with Crippen molar-refractivity contribution in [2.45, 2.75) is 0 Å². The number of furan rings is 1. The summed E-state index contributed by atoms with van der Waals surface area (Å²) in [7, 11) is 0. The fourth-order valence-corrected chi connectivity index (χ4v) is 1.19. The van der Waals surface area contributed by atoms with Crippen molar-refractivity contribution in [3.63, 3.8) is 0 Å². The van der Waals surface area contributed by atoms with Gasteiger partial charge in [0.1, 0.15) is 12.2 Å². The van der Waals surface area contributed by atoms with Gasteiger partial charge in [-0.15, -0.1) is 0 Å². The van der Waals surface area contributed by atoms with Gasteiger partial charge in [-0.1, -0.05) is 11.8 Å². The van der Waals surface area contributed by atoms with Crippen LogP contribution in [0.15, 0.2) is 34.9 Å². The molecule has 1 heterocycles. The zero-order valence-corrected chi connectivity index (χ0v) is 6.95. The van der Waals surface area contributed by atoms with Crippen molar-refractivity contribution >= 4 is 11.0 Å². The molecule has 0 spiro atoms. The van der Waals surface area contributed by atoms with E-state index in [0.29, 0.717) is 0 Å². The van der Waals surface area contributed by atoms with Crippen molar-refractivity contribution in [3.8, 4) is 11.8 Å². The van der Waals surface area contributed by atoms with E-state index >= 15 is 0 Å². The van der Waals surface area contributed by atoms with E-state index in [1.54, 1.807) is 6.26 Å². The predicted molar refractivity (Wildman–Crippen MR) is 50.2 cm³/mol. The Morgan fingerprint density at radius 1 is 1.31 bits per heavy atom. The highest BCUT2D eigenvalue weighted by Crippen LogP contribution is 2.16. The van der Waals surface area contributed by atoms with E-state index in [0.717, 1.165) is 16.5 Å². The number of aliphatic hydroxyl groups excluding tert-OH is 1. The SMILES string of the molecule is OCC#Cc1ccc2occc2c1. The third-order valence-electron chi connectivity index (χ3n) is 1.76. The maximum Gasteiger partial charge on any atom is 0.133 e. The van der Waals surface area contributed by atoms with Gasteiger partial charge in [-0.25, -0.2) is 0 Å². The zero-order valence-electron chi connectivity index (χ0n) is 6.95. The molecule has 2 aromatic rings. The molecule has 0 atom stereocenters. The molecule has 1 aromatic carbocycles. The van der Waals surface area contributed by atoms with Crippen molar-refractivity contribution in [2.75, 3.05) is 6.61 Å². The molecule has 0 bridgehead atoms. The van der Waals surface area contributed by atoms with Crippen LogP contribution in [0.4, 0.5) is 0 Å². The molecule has 2 nitrogen and oxygen atoms in total. The molecule has 64 valence electrons. The number of hydrogen-bond donors (Lipinski definition) is 1. The summed E-state index contributed by atoms with van der Waals surface area (Å²) >= 11 is 0. The highest BCUT2D eigenvalue weighted by Gasteiger charge is 1.95. The number of aliphatic hydroxyl groups is 1. The Labute approximate surface area is 75.8 Å². The molecular formula is C11H8O2. The maximum absolute atomic E-state index is 8.51. The normalized spacial score (nSPS) is 9.62. The molecule has 1 N–H and O–H groups in total. The molecule has 0 radical (unpaired) electrons. The third-order valence-corrected chi connectivity index (χ3v) is 1.76. The monoisotopic (exact) mass is 172 g/mol. The van der Waals surface area contributed by atoms with Gasteiger partial charge < -0.3 is 9.52 Å². The Hall–Kier alpha value is -1.72. The van der Waals surface area contributed by atoms with E-state index in [-0.39, 0.29) is 6.61 Å². The quantitative estimate of drug-likeness (QED) is 0.614. The van der Waals surface area contributed by atoms with Crippen molar-refractivity contribution in [1.29, 1.82) is 0 Å². The lowest BCUT2D eigenvalue weighted by molar-refractivity contribution is 0.350. The van der Waals surface area contributed by atoms with Crippen molar-refractivity contribution in [1.82, 2.24) is 0 Å².